The van der Waals surface area contributed by atoms with Crippen molar-refractivity contribution in [2.45, 2.75) is 0 Å². The number of benzene rings is 1. The summed E-state index contributed by atoms with van der Waals surface area (Å²) in [6.07, 6.45) is 1.24. The third-order valence-electron chi connectivity index (χ3n) is 4.03. The van der Waals surface area contributed by atoms with E-state index in [-0.39, 0.29) is 17.1 Å². The highest BCUT2D eigenvalue weighted by Crippen LogP contribution is 2.32. The number of aromatic hydroxyl groups is 1. The normalized spacial score (nSPS) is 11.0. The van der Waals surface area contributed by atoms with Gasteiger partial charge in [-0.3, -0.25) is 9.59 Å². The number of hydrogen-bond acceptors (Lipinski definition) is 6. The standard InChI is InChI=1S/C18H13N5O4/c24-13(25)8-19-18(27)15-16(26)11-6-7-12(10-4-2-1-3-5-10)22-14(11)17-20-9-21-23(15)17/h1-7,9,26H,8H2,(H,19,27)(H,24,25). The van der Waals surface area contributed by atoms with E-state index in [4.69, 9.17) is 5.11 Å². The molecule has 0 aliphatic rings. The van der Waals surface area contributed by atoms with E-state index < -0.39 is 18.4 Å². The second-order valence-electron chi connectivity index (χ2n) is 5.73. The maximum Gasteiger partial charge on any atom is 0.322 e. The molecule has 0 bridgehead atoms. The Morgan fingerprint density at radius 3 is 2.63 bits per heavy atom. The van der Waals surface area contributed by atoms with Crippen LogP contribution in [0.2, 0.25) is 0 Å². The van der Waals surface area contributed by atoms with Crippen LogP contribution in [0.3, 0.4) is 0 Å². The van der Waals surface area contributed by atoms with Crippen LogP contribution >= 0.6 is 0 Å². The summed E-state index contributed by atoms with van der Waals surface area (Å²) in [5, 5.41) is 25.9. The third kappa shape index (κ3) is 2.80. The van der Waals surface area contributed by atoms with Crippen LogP contribution < -0.4 is 5.32 Å². The van der Waals surface area contributed by atoms with Crippen molar-refractivity contribution >= 4 is 28.4 Å². The van der Waals surface area contributed by atoms with Gasteiger partial charge in [-0.15, -0.1) is 0 Å². The second-order valence-corrected chi connectivity index (χ2v) is 5.73. The van der Waals surface area contributed by atoms with Gasteiger partial charge in [-0.25, -0.2) is 14.5 Å². The molecule has 1 aromatic carbocycles. The number of carboxylic acid groups (broad SMARTS) is 1. The zero-order valence-corrected chi connectivity index (χ0v) is 13.8. The second kappa shape index (κ2) is 6.37. The Balaban J connectivity index is 1.92. The molecule has 4 aromatic rings. The molecule has 0 aliphatic heterocycles. The topological polar surface area (TPSA) is 130 Å². The fourth-order valence-electron chi connectivity index (χ4n) is 2.83. The molecule has 0 spiro atoms. The average Bonchev–Trinajstić information content (AvgIpc) is 3.16. The van der Waals surface area contributed by atoms with Crippen molar-refractivity contribution in [2.24, 2.45) is 0 Å². The maximum absolute atomic E-state index is 12.4. The molecule has 1 amide bonds. The van der Waals surface area contributed by atoms with Gasteiger partial charge >= 0.3 is 5.97 Å². The van der Waals surface area contributed by atoms with Gasteiger partial charge in [-0.05, 0) is 12.1 Å². The molecular formula is C18H13N5O4. The van der Waals surface area contributed by atoms with Crippen LogP contribution in [0.4, 0.5) is 0 Å². The lowest BCUT2D eigenvalue weighted by atomic mass is 10.1. The van der Waals surface area contributed by atoms with E-state index in [9.17, 15) is 14.7 Å². The van der Waals surface area contributed by atoms with Gasteiger partial charge in [0.25, 0.3) is 5.91 Å². The first kappa shape index (κ1) is 16.5. The minimum Gasteiger partial charge on any atom is -0.505 e. The Morgan fingerprint density at radius 2 is 1.89 bits per heavy atom. The van der Waals surface area contributed by atoms with Crippen LogP contribution in [0.1, 0.15) is 10.5 Å². The van der Waals surface area contributed by atoms with Gasteiger partial charge in [0.2, 0.25) is 0 Å². The van der Waals surface area contributed by atoms with Crippen LogP contribution in [-0.2, 0) is 4.79 Å². The summed E-state index contributed by atoms with van der Waals surface area (Å²) in [5.74, 6) is -2.33. The summed E-state index contributed by atoms with van der Waals surface area (Å²) in [4.78, 5) is 31.8. The smallest absolute Gasteiger partial charge is 0.322 e. The number of aliphatic carboxylic acids is 1. The van der Waals surface area contributed by atoms with Gasteiger partial charge in [0.1, 0.15) is 18.4 Å². The van der Waals surface area contributed by atoms with E-state index in [0.717, 1.165) is 10.1 Å². The first-order valence-corrected chi connectivity index (χ1v) is 7.97. The molecule has 134 valence electrons. The van der Waals surface area contributed by atoms with Gasteiger partial charge in [0.05, 0.1) is 5.69 Å². The van der Waals surface area contributed by atoms with Crippen LogP contribution in [0.25, 0.3) is 27.8 Å². The molecule has 9 heteroatoms. The molecule has 27 heavy (non-hydrogen) atoms. The molecule has 3 heterocycles. The van der Waals surface area contributed by atoms with E-state index in [1.807, 2.05) is 30.3 Å². The number of nitrogens with one attached hydrogen (secondary N) is 1. The molecule has 0 unspecified atom stereocenters. The lowest BCUT2D eigenvalue weighted by Gasteiger charge is -2.11. The Hall–Kier alpha value is -4.01. The molecule has 0 fully saturated rings. The van der Waals surface area contributed by atoms with Crippen molar-refractivity contribution in [3.05, 3.63) is 54.5 Å². The molecule has 3 aromatic heterocycles. The number of hydrogen-bond donors (Lipinski definition) is 3. The Bertz CT molecular complexity index is 1190. The Kier molecular flexibility index (Phi) is 3.88. The van der Waals surface area contributed by atoms with Crippen LogP contribution in [-0.4, -0.2) is 48.2 Å². The number of amides is 1. The van der Waals surface area contributed by atoms with E-state index in [1.54, 1.807) is 12.1 Å². The number of rotatable bonds is 4. The number of carbonyl (C=O) groups is 2. The maximum atomic E-state index is 12.4. The van der Waals surface area contributed by atoms with E-state index in [2.05, 4.69) is 20.4 Å². The molecule has 0 atom stereocenters. The van der Waals surface area contributed by atoms with Gasteiger partial charge in [-0.1, -0.05) is 30.3 Å². The summed E-state index contributed by atoms with van der Waals surface area (Å²) in [5.41, 5.74) is 2.02. The first-order valence-electron chi connectivity index (χ1n) is 7.97. The highest BCUT2D eigenvalue weighted by Gasteiger charge is 2.23. The van der Waals surface area contributed by atoms with E-state index in [1.165, 1.54) is 6.33 Å². The summed E-state index contributed by atoms with van der Waals surface area (Å²) < 4.78 is 1.15. The van der Waals surface area contributed by atoms with E-state index in [0.29, 0.717) is 16.6 Å². The predicted octanol–water partition coefficient (Wildman–Crippen LogP) is 1.46. The molecular weight excluding hydrogens is 350 g/mol. The van der Waals surface area contributed by atoms with Gasteiger partial charge in [0, 0.05) is 10.9 Å². The minimum absolute atomic E-state index is 0.203. The van der Waals surface area contributed by atoms with Crippen LogP contribution in [0, 0.1) is 0 Å². The van der Waals surface area contributed by atoms with Crippen molar-refractivity contribution in [3.8, 4) is 17.0 Å². The first-order chi connectivity index (χ1) is 13.1. The van der Waals surface area contributed by atoms with E-state index >= 15 is 0 Å². The van der Waals surface area contributed by atoms with Crippen molar-refractivity contribution in [2.75, 3.05) is 6.54 Å². The quantitative estimate of drug-likeness (QED) is 0.500. The van der Waals surface area contributed by atoms with Crippen LogP contribution in [0.5, 0.6) is 5.75 Å². The molecule has 0 aliphatic carbocycles. The van der Waals surface area contributed by atoms with Crippen LogP contribution in [0.15, 0.2) is 48.8 Å². The molecule has 9 nitrogen and oxygen atoms in total. The fraction of sp³-hybridized carbons (Fsp3) is 0.0556. The van der Waals surface area contributed by atoms with Crippen molar-refractivity contribution < 1.29 is 19.8 Å². The van der Waals surface area contributed by atoms with Gasteiger partial charge in [0.15, 0.2) is 17.1 Å². The third-order valence-corrected chi connectivity index (χ3v) is 4.03. The number of pyridine rings is 2. The summed E-state index contributed by atoms with van der Waals surface area (Å²) >= 11 is 0. The molecule has 4 rings (SSSR count). The van der Waals surface area contributed by atoms with Gasteiger partial charge in [-0.2, -0.15) is 5.10 Å². The van der Waals surface area contributed by atoms with Gasteiger partial charge < -0.3 is 15.5 Å². The highest BCUT2D eigenvalue weighted by molar-refractivity contribution is 6.06. The van der Waals surface area contributed by atoms with Crippen molar-refractivity contribution in [1.82, 2.24) is 24.9 Å². The number of nitrogens with zero attached hydrogens (tertiary/aromatic N) is 4. The zero-order valence-electron chi connectivity index (χ0n) is 13.8. The zero-order chi connectivity index (χ0) is 19.0. The lowest BCUT2D eigenvalue weighted by molar-refractivity contribution is -0.135. The number of carbonyl (C=O) groups excluding carboxylic acids is 1. The predicted molar refractivity (Wildman–Crippen MR) is 95.4 cm³/mol. The van der Waals surface area contributed by atoms with Crippen molar-refractivity contribution in [1.29, 1.82) is 0 Å². The monoisotopic (exact) mass is 363 g/mol. The number of fused-ring (bicyclic) bond motifs is 3. The summed E-state index contributed by atoms with van der Waals surface area (Å²) in [7, 11) is 0. The lowest BCUT2D eigenvalue weighted by Crippen LogP contribution is -2.31. The SMILES string of the molecule is O=C(O)CNC(=O)c1c(O)c2ccc(-c3ccccc3)nc2c2ncnn12. The fourth-order valence-corrected chi connectivity index (χ4v) is 2.83. The number of carboxylic acids is 1. The summed E-state index contributed by atoms with van der Waals surface area (Å²) in [6, 6.07) is 12.9. The molecule has 0 saturated heterocycles. The molecule has 0 saturated carbocycles. The summed E-state index contributed by atoms with van der Waals surface area (Å²) in [6.45, 7) is -0.586. The Morgan fingerprint density at radius 1 is 1.11 bits per heavy atom. The largest absolute Gasteiger partial charge is 0.505 e. The highest BCUT2D eigenvalue weighted by atomic mass is 16.4. The average molecular weight is 363 g/mol. The number of aromatic nitrogens is 4. The molecule has 0 radical (unpaired) electrons. The molecule has 3 N–H and O–H groups in total. The minimum atomic E-state index is -1.20. The Labute approximate surface area is 151 Å². The van der Waals surface area contributed by atoms with Crippen molar-refractivity contribution in [3.63, 3.8) is 0 Å².